The van der Waals surface area contributed by atoms with Crippen LogP contribution in [0.15, 0.2) is 78.9 Å². The third-order valence-electron chi connectivity index (χ3n) is 9.28. The number of halogens is 3. The van der Waals surface area contributed by atoms with Crippen LogP contribution in [-0.4, -0.2) is 89.2 Å². The Balaban J connectivity index is 1.14. The SMILES string of the molecule is O=C(Nc1cccc([C@H]2O[C@@H](CN3CCN(Cc4ccccc4)CC3)C[C@@H](c3ccc(CO)cc3)O2)c1)[C@@H]1CCCN1C(=O)C(F)(F)F. The highest BCUT2D eigenvalue weighted by Crippen LogP contribution is 2.39. The lowest BCUT2D eigenvalue weighted by molar-refractivity contribution is -0.253. The molecule has 3 aliphatic heterocycles. The molecule has 0 spiro atoms. The highest BCUT2D eigenvalue weighted by Gasteiger charge is 2.47. The monoisotopic (exact) mass is 666 g/mol. The minimum atomic E-state index is -5.04. The molecule has 6 rings (SSSR count). The second kappa shape index (κ2) is 15.2. The Hall–Kier alpha value is -3.81. The van der Waals surface area contributed by atoms with Crippen LogP contribution in [-0.2, 0) is 32.2 Å². The van der Waals surface area contributed by atoms with Crippen molar-refractivity contribution in [2.24, 2.45) is 0 Å². The maximum Gasteiger partial charge on any atom is 0.471 e. The van der Waals surface area contributed by atoms with Gasteiger partial charge in [-0.1, -0.05) is 66.7 Å². The van der Waals surface area contributed by atoms with Crippen LogP contribution in [0.3, 0.4) is 0 Å². The van der Waals surface area contributed by atoms with Gasteiger partial charge in [-0.05, 0) is 41.7 Å². The number of carbonyl (C=O) groups excluding carboxylic acids is 2. The van der Waals surface area contributed by atoms with Crippen LogP contribution in [0.4, 0.5) is 18.9 Å². The molecule has 4 atom stereocenters. The van der Waals surface area contributed by atoms with Crippen LogP contribution in [0.25, 0.3) is 0 Å². The van der Waals surface area contributed by atoms with Gasteiger partial charge in [0, 0.05) is 63.5 Å². The van der Waals surface area contributed by atoms with Gasteiger partial charge in [0.1, 0.15) is 6.04 Å². The first kappa shape index (κ1) is 34.1. The Morgan fingerprint density at radius 1 is 0.833 bits per heavy atom. The fourth-order valence-corrected chi connectivity index (χ4v) is 6.73. The summed E-state index contributed by atoms with van der Waals surface area (Å²) < 4.78 is 52.4. The number of rotatable bonds is 9. The van der Waals surface area contributed by atoms with Crippen LogP contribution in [0.5, 0.6) is 0 Å². The highest BCUT2D eigenvalue weighted by molar-refractivity contribution is 5.98. The summed E-state index contributed by atoms with van der Waals surface area (Å²) >= 11 is 0. The molecule has 3 aromatic carbocycles. The smallest absolute Gasteiger partial charge is 0.392 e. The average molecular weight is 667 g/mol. The zero-order valence-corrected chi connectivity index (χ0v) is 26.6. The Morgan fingerprint density at radius 3 is 2.27 bits per heavy atom. The topological polar surface area (TPSA) is 94.6 Å². The number of aliphatic hydroxyl groups excluding tert-OH is 1. The van der Waals surface area contributed by atoms with Gasteiger partial charge in [0.05, 0.1) is 18.8 Å². The largest absolute Gasteiger partial charge is 0.471 e. The third kappa shape index (κ3) is 8.42. The first-order chi connectivity index (χ1) is 23.2. The van der Waals surface area contributed by atoms with E-state index in [1.807, 2.05) is 36.4 Å². The van der Waals surface area contributed by atoms with Gasteiger partial charge in [-0.15, -0.1) is 0 Å². The average Bonchev–Trinajstić information content (AvgIpc) is 3.59. The Kier molecular flexibility index (Phi) is 10.8. The highest BCUT2D eigenvalue weighted by atomic mass is 19.4. The molecule has 0 bridgehead atoms. The quantitative estimate of drug-likeness (QED) is 0.331. The lowest BCUT2D eigenvalue weighted by atomic mass is 9.99. The molecule has 3 heterocycles. The number of ether oxygens (including phenoxy) is 2. The number of hydrogen-bond acceptors (Lipinski definition) is 7. The number of likely N-dealkylation sites (tertiary alicyclic amines) is 1. The number of nitrogens with one attached hydrogen (secondary N) is 1. The summed E-state index contributed by atoms with van der Waals surface area (Å²) in [7, 11) is 0. The van der Waals surface area contributed by atoms with Crippen molar-refractivity contribution in [2.75, 3.05) is 44.6 Å². The molecule has 0 saturated carbocycles. The molecule has 48 heavy (non-hydrogen) atoms. The Labute approximate surface area is 278 Å². The predicted octanol–water partition coefficient (Wildman–Crippen LogP) is 5.03. The molecule has 3 fully saturated rings. The molecule has 0 aromatic heterocycles. The number of alkyl halides is 3. The number of carbonyl (C=O) groups is 2. The number of nitrogens with zero attached hydrogens (tertiary/aromatic N) is 3. The van der Waals surface area contributed by atoms with Crippen molar-refractivity contribution in [3.05, 3.63) is 101 Å². The van der Waals surface area contributed by atoms with Gasteiger partial charge >= 0.3 is 12.1 Å². The zero-order chi connectivity index (χ0) is 33.7. The van der Waals surface area contributed by atoms with Crippen LogP contribution >= 0.6 is 0 Å². The van der Waals surface area contributed by atoms with Gasteiger partial charge in [0.25, 0.3) is 0 Å². The van der Waals surface area contributed by atoms with E-state index in [0.29, 0.717) is 35.5 Å². The van der Waals surface area contributed by atoms with Crippen LogP contribution in [0, 0.1) is 0 Å². The predicted molar refractivity (Wildman–Crippen MR) is 172 cm³/mol. The molecule has 0 radical (unpaired) electrons. The lowest BCUT2D eigenvalue weighted by Crippen LogP contribution is -2.49. The van der Waals surface area contributed by atoms with E-state index in [1.54, 1.807) is 18.2 Å². The fraction of sp³-hybridized carbons (Fsp3) is 0.444. The molecule has 0 aliphatic carbocycles. The maximum atomic E-state index is 13.1. The molecule has 3 aliphatic rings. The van der Waals surface area contributed by atoms with Gasteiger partial charge in [0.2, 0.25) is 5.91 Å². The van der Waals surface area contributed by atoms with Crippen molar-refractivity contribution >= 4 is 17.5 Å². The first-order valence-electron chi connectivity index (χ1n) is 16.4. The molecular weight excluding hydrogens is 625 g/mol. The van der Waals surface area contributed by atoms with Gasteiger partial charge in [-0.2, -0.15) is 13.2 Å². The summed E-state index contributed by atoms with van der Waals surface area (Å²) in [5.74, 6) is -2.67. The standard InChI is InChI=1S/C36H41F3N4O5/c37-36(38,39)35(46)43-15-5-10-31(43)33(45)40-29-9-4-8-28(20-29)34-47-30(21-32(48-34)27-13-11-26(24-44)12-14-27)23-42-18-16-41(17-19-42)22-25-6-2-1-3-7-25/h1-4,6-9,11-14,20,30-32,34,44H,5,10,15-19,21-24H2,(H,40,45)/t30-,31+,32+,34+/m1/s1. The molecule has 12 heteroatoms. The summed E-state index contributed by atoms with van der Waals surface area (Å²) in [5.41, 5.74) is 4.07. The van der Waals surface area contributed by atoms with Gasteiger partial charge in [-0.3, -0.25) is 19.4 Å². The molecular formula is C36H41F3N4O5. The number of amides is 2. The van der Waals surface area contributed by atoms with E-state index < -0.39 is 30.3 Å². The van der Waals surface area contributed by atoms with Crippen molar-refractivity contribution < 1.29 is 37.3 Å². The van der Waals surface area contributed by atoms with E-state index >= 15 is 0 Å². The third-order valence-corrected chi connectivity index (χ3v) is 9.28. The zero-order valence-electron chi connectivity index (χ0n) is 26.6. The summed E-state index contributed by atoms with van der Waals surface area (Å²) in [4.78, 5) is 30.4. The summed E-state index contributed by atoms with van der Waals surface area (Å²) in [6, 6.07) is 23.8. The minimum Gasteiger partial charge on any atom is -0.392 e. The molecule has 9 nitrogen and oxygen atoms in total. The van der Waals surface area contributed by atoms with E-state index in [4.69, 9.17) is 9.47 Å². The normalized spacial score (nSPS) is 24.0. The minimum absolute atomic E-state index is 0.0576. The summed E-state index contributed by atoms with van der Waals surface area (Å²) in [6.45, 7) is 5.16. The number of aliphatic hydroxyl groups is 1. The summed E-state index contributed by atoms with van der Waals surface area (Å²) in [6.07, 6.45) is -5.17. The van der Waals surface area contributed by atoms with E-state index in [0.717, 1.165) is 43.9 Å². The van der Waals surface area contributed by atoms with Crippen molar-refractivity contribution in [3.8, 4) is 0 Å². The van der Waals surface area contributed by atoms with Crippen LogP contribution < -0.4 is 5.32 Å². The summed E-state index contributed by atoms with van der Waals surface area (Å²) in [5, 5.41) is 12.2. The first-order valence-corrected chi connectivity index (χ1v) is 16.4. The number of hydrogen-bond donors (Lipinski definition) is 2. The van der Waals surface area contributed by atoms with Gasteiger partial charge in [-0.25, -0.2) is 0 Å². The van der Waals surface area contributed by atoms with Crippen molar-refractivity contribution in [1.29, 1.82) is 0 Å². The molecule has 3 saturated heterocycles. The van der Waals surface area contributed by atoms with Gasteiger partial charge in [0.15, 0.2) is 6.29 Å². The fourth-order valence-electron chi connectivity index (χ4n) is 6.73. The lowest BCUT2D eigenvalue weighted by Gasteiger charge is -2.41. The van der Waals surface area contributed by atoms with E-state index in [2.05, 4.69) is 39.4 Å². The van der Waals surface area contributed by atoms with E-state index in [1.165, 1.54) is 5.56 Å². The van der Waals surface area contributed by atoms with Crippen LogP contribution in [0.2, 0.25) is 0 Å². The van der Waals surface area contributed by atoms with Crippen molar-refractivity contribution in [3.63, 3.8) is 0 Å². The molecule has 2 N–H and O–H groups in total. The number of piperazine rings is 1. The van der Waals surface area contributed by atoms with E-state index in [-0.39, 0.29) is 31.8 Å². The van der Waals surface area contributed by atoms with Crippen molar-refractivity contribution in [2.45, 2.75) is 63.1 Å². The van der Waals surface area contributed by atoms with Crippen molar-refractivity contribution in [1.82, 2.24) is 14.7 Å². The molecule has 0 unspecified atom stereocenters. The second-order valence-corrected chi connectivity index (χ2v) is 12.7. The maximum absolute atomic E-state index is 13.1. The molecule has 3 aromatic rings. The number of anilines is 1. The molecule has 2 amide bonds. The van der Waals surface area contributed by atoms with Gasteiger partial charge < -0.3 is 24.8 Å². The Bertz CT molecular complexity index is 1530. The number of benzene rings is 3. The molecule has 256 valence electrons. The Morgan fingerprint density at radius 2 is 1.56 bits per heavy atom. The van der Waals surface area contributed by atoms with E-state index in [9.17, 15) is 27.9 Å². The van der Waals surface area contributed by atoms with Crippen LogP contribution in [0.1, 0.15) is 53.9 Å². The second-order valence-electron chi connectivity index (χ2n) is 12.7.